The molecule has 6 heteroatoms. The Balaban J connectivity index is 4.35. The standard InChI is InChI=1S/C10H20O6/c1-5(2)3-6(12)8(14)10(16)9(15)7(13)4-11/h6-16H,1,3-4H2,2H3/t6?,7-,8+,9-,10-/m1/s1. The smallest absolute Gasteiger partial charge is 0.111 e. The van der Waals surface area contributed by atoms with Crippen molar-refractivity contribution in [2.45, 2.75) is 43.9 Å². The summed E-state index contributed by atoms with van der Waals surface area (Å²) in [6.45, 7) is 4.42. The molecular formula is C10H20O6. The minimum absolute atomic E-state index is 0.0696. The van der Waals surface area contributed by atoms with Gasteiger partial charge in [-0.25, -0.2) is 0 Å². The Morgan fingerprint density at radius 1 is 0.938 bits per heavy atom. The SMILES string of the molecule is C=C(C)CC(O)[C@H](O)[C@@H](O)[C@H](O)[C@H](O)CO. The Bertz CT molecular complexity index is 219. The molecule has 0 heterocycles. The van der Waals surface area contributed by atoms with Crippen molar-refractivity contribution >= 4 is 0 Å². The van der Waals surface area contributed by atoms with Gasteiger partial charge < -0.3 is 30.6 Å². The monoisotopic (exact) mass is 236 g/mol. The van der Waals surface area contributed by atoms with Gasteiger partial charge in [-0.1, -0.05) is 5.57 Å². The van der Waals surface area contributed by atoms with Gasteiger partial charge in [0.15, 0.2) is 0 Å². The molecule has 6 N–H and O–H groups in total. The second-order valence-corrected chi connectivity index (χ2v) is 3.95. The van der Waals surface area contributed by atoms with E-state index in [0.717, 1.165) is 0 Å². The molecule has 0 aliphatic carbocycles. The lowest BCUT2D eigenvalue weighted by molar-refractivity contribution is -0.139. The first-order chi connectivity index (χ1) is 7.31. The van der Waals surface area contributed by atoms with Crippen molar-refractivity contribution in [3.63, 3.8) is 0 Å². The van der Waals surface area contributed by atoms with E-state index in [1.165, 1.54) is 0 Å². The predicted octanol–water partition coefficient (Wildman–Crippen LogP) is -2.25. The zero-order chi connectivity index (χ0) is 12.9. The van der Waals surface area contributed by atoms with Gasteiger partial charge in [0.1, 0.15) is 24.4 Å². The van der Waals surface area contributed by atoms with Crippen molar-refractivity contribution in [3.05, 3.63) is 12.2 Å². The average Bonchev–Trinajstić information content (AvgIpc) is 2.23. The second kappa shape index (κ2) is 6.95. The first-order valence-corrected chi connectivity index (χ1v) is 4.96. The summed E-state index contributed by atoms with van der Waals surface area (Å²) in [7, 11) is 0. The lowest BCUT2D eigenvalue weighted by Gasteiger charge is -2.28. The van der Waals surface area contributed by atoms with Gasteiger partial charge in [0.25, 0.3) is 0 Å². The third-order valence-corrected chi connectivity index (χ3v) is 2.23. The van der Waals surface area contributed by atoms with E-state index >= 15 is 0 Å². The number of hydrogen-bond donors (Lipinski definition) is 6. The summed E-state index contributed by atoms with van der Waals surface area (Å²) in [4.78, 5) is 0. The molecule has 0 saturated carbocycles. The Labute approximate surface area is 94.1 Å². The van der Waals surface area contributed by atoms with Crippen LogP contribution < -0.4 is 0 Å². The fourth-order valence-electron chi connectivity index (χ4n) is 1.24. The molecule has 0 aromatic heterocycles. The van der Waals surface area contributed by atoms with Crippen LogP contribution in [0.25, 0.3) is 0 Å². The molecule has 0 amide bonds. The zero-order valence-corrected chi connectivity index (χ0v) is 9.19. The summed E-state index contributed by atoms with van der Waals surface area (Å²) in [5.41, 5.74) is 0.607. The molecular weight excluding hydrogens is 216 g/mol. The van der Waals surface area contributed by atoms with Crippen LogP contribution in [0.5, 0.6) is 0 Å². The maximum atomic E-state index is 9.46. The highest BCUT2D eigenvalue weighted by atomic mass is 16.4. The first kappa shape index (κ1) is 15.5. The minimum Gasteiger partial charge on any atom is -0.394 e. The van der Waals surface area contributed by atoms with Crippen molar-refractivity contribution in [1.82, 2.24) is 0 Å². The Kier molecular flexibility index (Phi) is 6.73. The summed E-state index contributed by atoms with van der Waals surface area (Å²) in [5.74, 6) is 0. The van der Waals surface area contributed by atoms with E-state index in [-0.39, 0.29) is 6.42 Å². The van der Waals surface area contributed by atoms with Crippen molar-refractivity contribution < 1.29 is 30.6 Å². The van der Waals surface area contributed by atoms with Crippen LogP contribution in [0.15, 0.2) is 12.2 Å². The van der Waals surface area contributed by atoms with Gasteiger partial charge in [-0.3, -0.25) is 0 Å². The van der Waals surface area contributed by atoms with E-state index in [0.29, 0.717) is 5.57 Å². The molecule has 0 aliphatic heterocycles. The molecule has 0 bridgehead atoms. The molecule has 5 atom stereocenters. The van der Waals surface area contributed by atoms with E-state index in [4.69, 9.17) is 10.2 Å². The van der Waals surface area contributed by atoms with Gasteiger partial charge in [-0.05, 0) is 13.3 Å². The lowest BCUT2D eigenvalue weighted by atomic mass is 9.96. The fraction of sp³-hybridized carbons (Fsp3) is 0.800. The molecule has 0 radical (unpaired) electrons. The van der Waals surface area contributed by atoms with Crippen molar-refractivity contribution in [2.75, 3.05) is 6.61 Å². The topological polar surface area (TPSA) is 121 Å². The molecule has 0 aliphatic rings. The highest BCUT2D eigenvalue weighted by Gasteiger charge is 2.33. The van der Waals surface area contributed by atoms with Gasteiger partial charge in [0.05, 0.1) is 12.7 Å². The molecule has 96 valence electrons. The van der Waals surface area contributed by atoms with E-state index in [9.17, 15) is 20.4 Å². The second-order valence-electron chi connectivity index (χ2n) is 3.95. The summed E-state index contributed by atoms with van der Waals surface area (Å²) in [6.07, 6.45) is -7.86. The molecule has 0 saturated heterocycles. The summed E-state index contributed by atoms with van der Waals surface area (Å²) < 4.78 is 0. The van der Waals surface area contributed by atoms with Crippen molar-refractivity contribution in [1.29, 1.82) is 0 Å². The highest BCUT2D eigenvalue weighted by Crippen LogP contribution is 2.13. The molecule has 0 rings (SSSR count). The van der Waals surface area contributed by atoms with Gasteiger partial charge >= 0.3 is 0 Å². The molecule has 6 nitrogen and oxygen atoms in total. The number of aliphatic hydroxyl groups excluding tert-OH is 6. The van der Waals surface area contributed by atoms with Crippen LogP contribution in [-0.2, 0) is 0 Å². The van der Waals surface area contributed by atoms with Crippen LogP contribution in [0, 0.1) is 0 Å². The molecule has 0 fully saturated rings. The summed E-state index contributed by atoms with van der Waals surface area (Å²) >= 11 is 0. The summed E-state index contributed by atoms with van der Waals surface area (Å²) in [5, 5.41) is 55.2. The largest absolute Gasteiger partial charge is 0.394 e. The lowest BCUT2D eigenvalue weighted by Crippen LogP contribution is -2.50. The normalized spacial score (nSPS) is 20.9. The minimum atomic E-state index is -1.74. The number of aliphatic hydroxyl groups is 6. The van der Waals surface area contributed by atoms with E-state index in [2.05, 4.69) is 6.58 Å². The molecule has 0 spiro atoms. The third-order valence-electron chi connectivity index (χ3n) is 2.23. The van der Waals surface area contributed by atoms with Crippen LogP contribution in [0.3, 0.4) is 0 Å². The Hall–Kier alpha value is -0.500. The van der Waals surface area contributed by atoms with Gasteiger partial charge in [-0.2, -0.15) is 0 Å². The van der Waals surface area contributed by atoms with Crippen LogP contribution in [0.2, 0.25) is 0 Å². The average molecular weight is 236 g/mol. The van der Waals surface area contributed by atoms with Crippen LogP contribution >= 0.6 is 0 Å². The van der Waals surface area contributed by atoms with Crippen LogP contribution in [-0.4, -0.2) is 67.8 Å². The number of rotatable bonds is 7. The van der Waals surface area contributed by atoms with Gasteiger partial charge in [0.2, 0.25) is 0 Å². The Morgan fingerprint density at radius 2 is 1.38 bits per heavy atom. The van der Waals surface area contributed by atoms with Crippen molar-refractivity contribution in [3.8, 4) is 0 Å². The van der Waals surface area contributed by atoms with Gasteiger partial charge in [-0.15, -0.1) is 6.58 Å². The molecule has 0 aromatic rings. The number of hydrogen-bond acceptors (Lipinski definition) is 6. The van der Waals surface area contributed by atoms with Crippen LogP contribution in [0.1, 0.15) is 13.3 Å². The third kappa shape index (κ3) is 4.56. The van der Waals surface area contributed by atoms with E-state index in [1.54, 1.807) is 6.92 Å². The Morgan fingerprint density at radius 3 is 1.75 bits per heavy atom. The maximum Gasteiger partial charge on any atom is 0.111 e. The predicted molar refractivity (Wildman–Crippen MR) is 56.6 cm³/mol. The molecule has 1 unspecified atom stereocenters. The molecule has 16 heavy (non-hydrogen) atoms. The maximum absolute atomic E-state index is 9.46. The van der Waals surface area contributed by atoms with Crippen LogP contribution in [0.4, 0.5) is 0 Å². The first-order valence-electron chi connectivity index (χ1n) is 4.96. The van der Waals surface area contributed by atoms with E-state index < -0.39 is 37.1 Å². The highest BCUT2D eigenvalue weighted by molar-refractivity contribution is 4.95. The van der Waals surface area contributed by atoms with Crippen molar-refractivity contribution in [2.24, 2.45) is 0 Å². The quantitative estimate of drug-likeness (QED) is 0.278. The fourth-order valence-corrected chi connectivity index (χ4v) is 1.24. The molecule has 0 aromatic carbocycles. The van der Waals surface area contributed by atoms with E-state index in [1.807, 2.05) is 0 Å². The van der Waals surface area contributed by atoms with Gasteiger partial charge in [0, 0.05) is 0 Å². The zero-order valence-electron chi connectivity index (χ0n) is 9.19. The summed E-state index contributed by atoms with van der Waals surface area (Å²) in [6, 6.07) is 0.